The molecule has 0 aliphatic carbocycles. The fourth-order valence-electron chi connectivity index (χ4n) is 3.31. The van der Waals surface area contributed by atoms with Gasteiger partial charge < -0.3 is 0 Å². The van der Waals surface area contributed by atoms with Crippen molar-refractivity contribution in [2.24, 2.45) is 5.14 Å². The molecule has 30 heavy (non-hydrogen) atoms. The van der Waals surface area contributed by atoms with Gasteiger partial charge in [-0.15, -0.1) is 5.10 Å². The second-order valence-corrected chi connectivity index (χ2v) is 8.98. The molecule has 0 saturated carbocycles. The highest BCUT2D eigenvalue weighted by Crippen LogP contribution is 2.20. The highest BCUT2D eigenvalue weighted by atomic mass is 32.2. The first-order valence-corrected chi connectivity index (χ1v) is 11.2. The number of halogens is 1. The second-order valence-electron chi connectivity index (χ2n) is 7.42. The van der Waals surface area contributed by atoms with E-state index < -0.39 is 15.8 Å². The zero-order valence-corrected chi connectivity index (χ0v) is 18.2. The molecule has 0 bridgehead atoms. The number of primary sulfonamides is 1. The predicted molar refractivity (Wildman–Crippen MR) is 113 cm³/mol. The van der Waals surface area contributed by atoms with Crippen molar-refractivity contribution < 1.29 is 12.8 Å². The molecule has 0 fully saturated rings. The van der Waals surface area contributed by atoms with Crippen LogP contribution in [0.1, 0.15) is 36.1 Å². The summed E-state index contributed by atoms with van der Waals surface area (Å²) in [6, 6.07) is 11.5. The summed E-state index contributed by atoms with van der Waals surface area (Å²) in [6.07, 6.45) is 1.46. The van der Waals surface area contributed by atoms with Gasteiger partial charge in [-0.2, -0.15) is 0 Å². The van der Waals surface area contributed by atoms with Crippen molar-refractivity contribution in [2.45, 2.75) is 38.1 Å². The Labute approximate surface area is 176 Å². The SMILES string of the molecule is CCCN(C)Cc1nc(Cc2cccc(C)c2)n(-c2ccc(S(N)(=O)=O)cc2F)n1. The van der Waals surface area contributed by atoms with Crippen molar-refractivity contribution in [1.82, 2.24) is 19.7 Å². The minimum absolute atomic E-state index is 0.127. The molecule has 160 valence electrons. The van der Waals surface area contributed by atoms with E-state index in [1.807, 2.05) is 38.2 Å². The minimum atomic E-state index is -4.00. The van der Waals surface area contributed by atoms with Crippen molar-refractivity contribution in [3.63, 3.8) is 0 Å². The molecule has 1 heterocycles. The smallest absolute Gasteiger partial charge is 0.238 e. The lowest BCUT2D eigenvalue weighted by Gasteiger charge is -2.12. The Bertz CT molecular complexity index is 1140. The monoisotopic (exact) mass is 431 g/mol. The van der Waals surface area contributed by atoms with E-state index >= 15 is 0 Å². The standard InChI is InChI=1S/C21H26FN5O2S/c1-4-10-26(3)14-20-24-21(12-16-7-5-6-15(2)11-16)27(25-20)19-9-8-17(13-18(19)22)30(23,28)29/h5-9,11,13H,4,10,12,14H2,1-3H3,(H2,23,28,29). The van der Waals surface area contributed by atoms with Crippen LogP contribution in [0.5, 0.6) is 0 Å². The van der Waals surface area contributed by atoms with E-state index in [0.717, 1.165) is 30.2 Å². The molecule has 0 aliphatic heterocycles. The molecular weight excluding hydrogens is 405 g/mol. The summed E-state index contributed by atoms with van der Waals surface area (Å²) < 4.78 is 39.3. The van der Waals surface area contributed by atoms with E-state index in [9.17, 15) is 12.8 Å². The number of hydrogen-bond donors (Lipinski definition) is 1. The molecule has 1 aromatic heterocycles. The molecule has 3 aromatic rings. The molecule has 0 saturated heterocycles. The molecule has 0 amide bonds. The Morgan fingerprint density at radius 1 is 1.20 bits per heavy atom. The van der Waals surface area contributed by atoms with Crippen LogP contribution in [0.3, 0.4) is 0 Å². The Morgan fingerprint density at radius 2 is 1.97 bits per heavy atom. The van der Waals surface area contributed by atoms with Gasteiger partial charge in [-0.1, -0.05) is 36.8 Å². The third-order valence-electron chi connectivity index (χ3n) is 4.66. The van der Waals surface area contributed by atoms with Crippen LogP contribution < -0.4 is 5.14 Å². The van der Waals surface area contributed by atoms with Gasteiger partial charge in [-0.3, -0.25) is 4.90 Å². The average Bonchev–Trinajstić information content (AvgIpc) is 3.02. The first-order valence-electron chi connectivity index (χ1n) is 9.69. The normalized spacial score (nSPS) is 11.9. The number of aryl methyl sites for hydroxylation is 1. The van der Waals surface area contributed by atoms with Crippen LogP contribution >= 0.6 is 0 Å². The molecule has 2 N–H and O–H groups in total. The largest absolute Gasteiger partial charge is 0.299 e. The lowest BCUT2D eigenvalue weighted by Crippen LogP contribution is -2.19. The predicted octanol–water partition coefficient (Wildman–Crippen LogP) is 2.79. The Morgan fingerprint density at radius 3 is 2.60 bits per heavy atom. The van der Waals surface area contributed by atoms with Gasteiger partial charge in [0.05, 0.1) is 11.4 Å². The van der Waals surface area contributed by atoms with Gasteiger partial charge in [0.1, 0.15) is 17.3 Å². The number of sulfonamides is 1. The molecular formula is C21H26FN5O2S. The van der Waals surface area contributed by atoms with Crippen LogP contribution in [0.25, 0.3) is 5.69 Å². The van der Waals surface area contributed by atoms with Gasteiger partial charge in [0.2, 0.25) is 10.0 Å². The van der Waals surface area contributed by atoms with Gasteiger partial charge in [0, 0.05) is 6.42 Å². The summed E-state index contributed by atoms with van der Waals surface area (Å²) >= 11 is 0. The van der Waals surface area contributed by atoms with Crippen molar-refractivity contribution in [2.75, 3.05) is 13.6 Å². The van der Waals surface area contributed by atoms with Crippen LogP contribution in [-0.2, 0) is 23.0 Å². The molecule has 7 nitrogen and oxygen atoms in total. The number of nitrogens with zero attached hydrogens (tertiary/aromatic N) is 4. The lowest BCUT2D eigenvalue weighted by atomic mass is 10.1. The van der Waals surface area contributed by atoms with Crippen LogP contribution in [-0.4, -0.2) is 41.7 Å². The summed E-state index contributed by atoms with van der Waals surface area (Å²) in [5.41, 5.74) is 2.27. The Balaban J connectivity index is 2.04. The molecule has 3 rings (SSSR count). The maximum absolute atomic E-state index is 14.8. The van der Waals surface area contributed by atoms with E-state index in [0.29, 0.717) is 24.6 Å². The van der Waals surface area contributed by atoms with E-state index in [2.05, 4.69) is 21.9 Å². The molecule has 0 atom stereocenters. The summed E-state index contributed by atoms with van der Waals surface area (Å²) in [6.45, 7) is 5.51. The number of rotatable bonds is 8. The highest BCUT2D eigenvalue weighted by Gasteiger charge is 2.18. The zero-order chi connectivity index (χ0) is 21.9. The highest BCUT2D eigenvalue weighted by molar-refractivity contribution is 7.89. The maximum atomic E-state index is 14.8. The minimum Gasteiger partial charge on any atom is -0.299 e. The lowest BCUT2D eigenvalue weighted by molar-refractivity contribution is 0.319. The summed E-state index contributed by atoms with van der Waals surface area (Å²) in [7, 11) is -2.02. The van der Waals surface area contributed by atoms with Gasteiger partial charge >= 0.3 is 0 Å². The zero-order valence-electron chi connectivity index (χ0n) is 17.3. The van der Waals surface area contributed by atoms with E-state index in [4.69, 9.17) is 5.14 Å². The fraction of sp³-hybridized carbons (Fsp3) is 0.333. The summed E-state index contributed by atoms with van der Waals surface area (Å²) in [5.74, 6) is 0.414. The third kappa shape index (κ3) is 5.29. The number of benzene rings is 2. The third-order valence-corrected chi connectivity index (χ3v) is 5.57. The van der Waals surface area contributed by atoms with Crippen molar-refractivity contribution in [3.05, 3.63) is 71.1 Å². The van der Waals surface area contributed by atoms with Gasteiger partial charge in [0.15, 0.2) is 5.82 Å². The van der Waals surface area contributed by atoms with Gasteiger partial charge in [-0.05, 0) is 50.7 Å². The van der Waals surface area contributed by atoms with Crippen LogP contribution in [0.4, 0.5) is 4.39 Å². The van der Waals surface area contributed by atoms with Crippen LogP contribution in [0.15, 0.2) is 47.4 Å². The number of hydrogen-bond acceptors (Lipinski definition) is 5. The molecule has 0 radical (unpaired) electrons. The fourth-order valence-corrected chi connectivity index (χ4v) is 3.83. The molecule has 0 spiro atoms. The Hall–Kier alpha value is -2.62. The molecule has 0 aliphatic rings. The first kappa shape index (κ1) is 22.1. The van der Waals surface area contributed by atoms with Gasteiger partial charge in [-0.25, -0.2) is 27.6 Å². The quantitative estimate of drug-likeness (QED) is 0.592. The van der Waals surface area contributed by atoms with Crippen LogP contribution in [0, 0.1) is 12.7 Å². The van der Waals surface area contributed by atoms with E-state index in [-0.39, 0.29) is 10.6 Å². The topological polar surface area (TPSA) is 94.1 Å². The Kier molecular flexibility index (Phi) is 6.64. The van der Waals surface area contributed by atoms with Crippen molar-refractivity contribution in [3.8, 4) is 5.69 Å². The summed E-state index contributed by atoms with van der Waals surface area (Å²) in [4.78, 5) is 6.46. The average molecular weight is 432 g/mol. The van der Waals surface area contributed by atoms with Crippen molar-refractivity contribution >= 4 is 10.0 Å². The van der Waals surface area contributed by atoms with Crippen LogP contribution in [0.2, 0.25) is 0 Å². The number of nitrogens with two attached hydrogens (primary N) is 1. The molecule has 0 unspecified atom stereocenters. The van der Waals surface area contributed by atoms with Crippen molar-refractivity contribution in [1.29, 1.82) is 0 Å². The van der Waals surface area contributed by atoms with Gasteiger partial charge in [0.25, 0.3) is 0 Å². The second kappa shape index (κ2) is 9.03. The first-order chi connectivity index (χ1) is 14.2. The summed E-state index contributed by atoms with van der Waals surface area (Å²) in [5, 5.41) is 9.63. The maximum Gasteiger partial charge on any atom is 0.238 e. The molecule has 2 aromatic carbocycles. The molecule has 9 heteroatoms. The van der Waals surface area contributed by atoms with E-state index in [1.54, 1.807) is 0 Å². The number of aromatic nitrogens is 3. The van der Waals surface area contributed by atoms with E-state index in [1.165, 1.54) is 16.8 Å².